The van der Waals surface area contributed by atoms with Crippen molar-refractivity contribution in [1.29, 1.82) is 5.26 Å². The smallest absolute Gasteiger partial charge is 0.227 e. The van der Waals surface area contributed by atoms with Crippen LogP contribution in [0.1, 0.15) is 19.4 Å². The molecule has 1 aliphatic rings. The molecule has 5 heteroatoms. The number of fused-ring (bicyclic) bond motifs is 3. The molecule has 0 bridgehead atoms. The molecule has 5 nitrogen and oxygen atoms in total. The Kier molecular flexibility index (Phi) is 5.06. The lowest BCUT2D eigenvalue weighted by atomic mass is 10.0. The minimum Gasteiger partial charge on any atom is -0.464 e. The summed E-state index contributed by atoms with van der Waals surface area (Å²) in [6.45, 7) is 6.97. The van der Waals surface area contributed by atoms with Crippen molar-refractivity contribution in [3.8, 4) is 6.07 Å². The number of nitriles is 1. The average molecular weight is 375 g/mol. The normalized spacial score (nSPS) is 16.6. The van der Waals surface area contributed by atoms with Crippen molar-refractivity contribution < 1.29 is 9.21 Å². The van der Waals surface area contributed by atoms with Crippen LogP contribution in [-0.4, -0.2) is 47.9 Å². The Morgan fingerprint density at radius 2 is 1.89 bits per heavy atom. The first-order valence-corrected chi connectivity index (χ1v) is 9.87. The quantitative estimate of drug-likeness (QED) is 0.695. The summed E-state index contributed by atoms with van der Waals surface area (Å²) < 4.78 is 5.72. The van der Waals surface area contributed by atoms with Gasteiger partial charge in [0, 0.05) is 37.1 Å². The van der Waals surface area contributed by atoms with E-state index in [4.69, 9.17) is 4.42 Å². The van der Waals surface area contributed by atoms with Crippen molar-refractivity contribution in [2.75, 3.05) is 26.2 Å². The van der Waals surface area contributed by atoms with Crippen LogP contribution in [0.3, 0.4) is 0 Å². The third-order valence-electron chi connectivity index (χ3n) is 5.71. The van der Waals surface area contributed by atoms with Gasteiger partial charge in [0.05, 0.1) is 18.8 Å². The molecule has 28 heavy (non-hydrogen) atoms. The van der Waals surface area contributed by atoms with Gasteiger partial charge in [-0.3, -0.25) is 9.69 Å². The van der Waals surface area contributed by atoms with Crippen molar-refractivity contribution in [3.05, 3.63) is 48.2 Å². The van der Waals surface area contributed by atoms with E-state index in [0.717, 1.165) is 40.4 Å². The Labute approximate surface area is 165 Å². The van der Waals surface area contributed by atoms with E-state index in [-0.39, 0.29) is 17.9 Å². The van der Waals surface area contributed by atoms with Gasteiger partial charge < -0.3 is 9.32 Å². The fraction of sp³-hybridized carbons (Fsp3) is 0.391. The minimum atomic E-state index is -0.0820. The monoisotopic (exact) mass is 375 g/mol. The van der Waals surface area contributed by atoms with Crippen LogP contribution in [0, 0.1) is 17.2 Å². The van der Waals surface area contributed by atoms with E-state index in [1.54, 1.807) is 6.26 Å². The number of hydrogen-bond donors (Lipinski definition) is 0. The average Bonchev–Trinajstić information content (AvgIpc) is 3.12. The Hall–Kier alpha value is -2.84. The highest BCUT2D eigenvalue weighted by Crippen LogP contribution is 2.30. The zero-order chi connectivity index (χ0) is 19.7. The van der Waals surface area contributed by atoms with Gasteiger partial charge in [0.15, 0.2) is 0 Å². The molecule has 0 saturated carbocycles. The van der Waals surface area contributed by atoms with Gasteiger partial charge in [0.25, 0.3) is 0 Å². The zero-order valence-corrected chi connectivity index (χ0v) is 16.4. The maximum atomic E-state index is 12.9. The van der Waals surface area contributed by atoms with Crippen molar-refractivity contribution in [2.45, 2.75) is 26.3 Å². The molecule has 1 amide bonds. The number of furan rings is 1. The zero-order valence-electron chi connectivity index (χ0n) is 16.4. The second kappa shape index (κ2) is 7.65. The second-order valence-corrected chi connectivity index (χ2v) is 7.83. The second-order valence-electron chi connectivity index (χ2n) is 7.83. The number of carbonyl (C=O) groups excluding carboxylic acids is 1. The van der Waals surface area contributed by atoms with Gasteiger partial charge in [-0.25, -0.2) is 0 Å². The highest BCUT2D eigenvalue weighted by molar-refractivity contribution is 6.08. The van der Waals surface area contributed by atoms with E-state index < -0.39 is 0 Å². The van der Waals surface area contributed by atoms with E-state index >= 15 is 0 Å². The molecule has 3 aromatic rings. The van der Waals surface area contributed by atoms with Crippen LogP contribution >= 0.6 is 0 Å². The lowest BCUT2D eigenvalue weighted by Gasteiger charge is -2.38. The van der Waals surface area contributed by atoms with Gasteiger partial charge in [0.1, 0.15) is 11.6 Å². The van der Waals surface area contributed by atoms with E-state index in [0.29, 0.717) is 19.5 Å². The topological polar surface area (TPSA) is 60.5 Å². The summed E-state index contributed by atoms with van der Waals surface area (Å²) in [5.74, 6) is 0.408. The number of carbonyl (C=O) groups is 1. The highest BCUT2D eigenvalue weighted by Gasteiger charge is 2.28. The first-order chi connectivity index (χ1) is 13.6. The minimum absolute atomic E-state index is 0.0820. The van der Waals surface area contributed by atoms with Gasteiger partial charge in [-0.1, -0.05) is 44.2 Å². The predicted molar refractivity (Wildman–Crippen MR) is 110 cm³/mol. The first-order valence-electron chi connectivity index (χ1n) is 9.87. The fourth-order valence-corrected chi connectivity index (χ4v) is 4.18. The van der Waals surface area contributed by atoms with Crippen LogP contribution in [0.4, 0.5) is 0 Å². The Morgan fingerprint density at radius 3 is 2.61 bits per heavy atom. The molecule has 1 saturated heterocycles. The van der Waals surface area contributed by atoms with Gasteiger partial charge >= 0.3 is 0 Å². The lowest BCUT2D eigenvalue weighted by molar-refractivity contribution is -0.132. The van der Waals surface area contributed by atoms with Crippen molar-refractivity contribution in [1.82, 2.24) is 9.80 Å². The van der Waals surface area contributed by atoms with Crippen LogP contribution in [0.5, 0.6) is 0 Å². The number of benzene rings is 2. The van der Waals surface area contributed by atoms with E-state index in [9.17, 15) is 10.1 Å². The largest absolute Gasteiger partial charge is 0.464 e. The molecule has 0 radical (unpaired) electrons. The maximum Gasteiger partial charge on any atom is 0.227 e. The van der Waals surface area contributed by atoms with Gasteiger partial charge in [0.2, 0.25) is 5.91 Å². The molecular weight excluding hydrogens is 350 g/mol. The van der Waals surface area contributed by atoms with Crippen LogP contribution in [-0.2, 0) is 11.2 Å². The number of piperazine rings is 1. The molecule has 144 valence electrons. The summed E-state index contributed by atoms with van der Waals surface area (Å²) in [4.78, 5) is 17.0. The van der Waals surface area contributed by atoms with Crippen LogP contribution in [0.25, 0.3) is 21.7 Å². The Bertz CT molecular complexity index is 1040. The molecule has 1 aliphatic heterocycles. The Morgan fingerprint density at radius 1 is 1.14 bits per heavy atom. The summed E-state index contributed by atoms with van der Waals surface area (Å²) in [6.07, 6.45) is 2.06. The SMILES string of the molecule is CC(C)C(C#N)N1CCN(C(=O)Cc2coc3ccc4ccccc4c23)CC1. The van der Waals surface area contributed by atoms with E-state index in [1.165, 1.54) is 0 Å². The van der Waals surface area contributed by atoms with E-state index in [1.807, 2.05) is 29.2 Å². The summed E-state index contributed by atoms with van der Waals surface area (Å²) >= 11 is 0. The summed E-state index contributed by atoms with van der Waals surface area (Å²) in [6, 6.07) is 14.5. The highest BCUT2D eigenvalue weighted by atomic mass is 16.3. The number of rotatable bonds is 4. The summed E-state index contributed by atoms with van der Waals surface area (Å²) in [7, 11) is 0. The molecular formula is C23H25N3O2. The number of hydrogen-bond acceptors (Lipinski definition) is 4. The van der Waals surface area contributed by atoms with Crippen LogP contribution < -0.4 is 0 Å². The maximum absolute atomic E-state index is 12.9. The molecule has 1 unspecified atom stereocenters. The molecule has 0 spiro atoms. The molecule has 4 rings (SSSR count). The van der Waals surface area contributed by atoms with Gasteiger partial charge in [-0.2, -0.15) is 5.26 Å². The third kappa shape index (κ3) is 3.36. The molecule has 0 aliphatic carbocycles. The van der Waals surface area contributed by atoms with Gasteiger partial charge in [-0.15, -0.1) is 0 Å². The molecule has 2 aromatic carbocycles. The van der Waals surface area contributed by atoms with Crippen molar-refractivity contribution in [2.24, 2.45) is 5.92 Å². The van der Waals surface area contributed by atoms with Crippen molar-refractivity contribution in [3.63, 3.8) is 0 Å². The molecule has 1 fully saturated rings. The number of amides is 1. The third-order valence-corrected chi connectivity index (χ3v) is 5.71. The molecule has 1 aromatic heterocycles. The number of nitrogens with zero attached hydrogens (tertiary/aromatic N) is 3. The predicted octanol–water partition coefficient (Wildman–Crippen LogP) is 3.82. The van der Waals surface area contributed by atoms with Crippen molar-refractivity contribution >= 4 is 27.6 Å². The summed E-state index contributed by atoms with van der Waals surface area (Å²) in [5.41, 5.74) is 1.76. The van der Waals surface area contributed by atoms with E-state index in [2.05, 4.69) is 36.9 Å². The standard InChI is InChI=1S/C23H25N3O2/c1-16(2)20(14-24)25-9-11-26(12-10-25)22(27)13-18-15-28-21-8-7-17-5-3-4-6-19(17)23(18)21/h3-8,15-16,20H,9-13H2,1-2H3. The van der Waals surface area contributed by atoms with Crippen LogP contribution in [0.2, 0.25) is 0 Å². The molecule has 1 atom stereocenters. The molecule has 0 N–H and O–H groups in total. The molecule has 2 heterocycles. The lowest BCUT2D eigenvalue weighted by Crippen LogP contribution is -2.53. The fourth-order valence-electron chi connectivity index (χ4n) is 4.18. The van der Waals surface area contributed by atoms with Crippen LogP contribution in [0.15, 0.2) is 47.1 Å². The summed E-state index contributed by atoms with van der Waals surface area (Å²) in [5, 5.41) is 12.7. The Balaban J connectivity index is 1.49. The first kappa shape index (κ1) is 18.5. The van der Waals surface area contributed by atoms with Gasteiger partial charge in [-0.05, 0) is 22.8 Å².